The molecule has 0 aromatic carbocycles. The summed E-state index contributed by atoms with van der Waals surface area (Å²) in [6.07, 6.45) is 8.77. The van der Waals surface area contributed by atoms with Crippen molar-refractivity contribution in [3.8, 4) is 0 Å². The van der Waals surface area contributed by atoms with E-state index in [1.54, 1.807) is 0 Å². The molecule has 0 saturated heterocycles. The molecule has 1 aromatic heterocycles. The van der Waals surface area contributed by atoms with Crippen LogP contribution in [0.3, 0.4) is 0 Å². The Labute approximate surface area is 122 Å². The maximum atomic E-state index is 4.56. The fourth-order valence-electron chi connectivity index (χ4n) is 2.19. The summed E-state index contributed by atoms with van der Waals surface area (Å²) in [7, 11) is 0. The Hall–Kier alpha value is -0.290. The fourth-order valence-corrected chi connectivity index (χ4v) is 3.71. The Balaban J connectivity index is 1.90. The van der Waals surface area contributed by atoms with Crippen LogP contribution in [-0.2, 0) is 5.75 Å². The Morgan fingerprint density at radius 2 is 2.17 bits per heavy atom. The summed E-state index contributed by atoms with van der Waals surface area (Å²) < 4.78 is 0.941. The van der Waals surface area contributed by atoms with E-state index in [1.165, 1.54) is 32.1 Å². The molecule has 1 heterocycles. The topological polar surface area (TPSA) is 37.8 Å². The number of thioether (sulfide) groups is 1. The van der Waals surface area contributed by atoms with Crippen LogP contribution >= 0.6 is 27.7 Å². The number of aromatic nitrogens is 2. The summed E-state index contributed by atoms with van der Waals surface area (Å²) in [4.78, 5) is 8.94. The van der Waals surface area contributed by atoms with Crippen LogP contribution in [0.4, 0.5) is 5.82 Å². The van der Waals surface area contributed by atoms with Crippen LogP contribution in [0.25, 0.3) is 0 Å². The van der Waals surface area contributed by atoms with Crippen molar-refractivity contribution in [2.75, 3.05) is 11.9 Å². The number of nitrogens with one attached hydrogen (secondary N) is 1. The molecule has 1 N–H and O–H groups in total. The van der Waals surface area contributed by atoms with Gasteiger partial charge >= 0.3 is 0 Å². The molecule has 0 aliphatic heterocycles. The second-order valence-corrected chi connectivity index (χ2v) is 6.73. The monoisotopic (exact) mass is 329 g/mol. The average Bonchev–Trinajstić information content (AvgIpc) is 2.41. The molecule has 0 amide bonds. The van der Waals surface area contributed by atoms with E-state index >= 15 is 0 Å². The zero-order valence-electron chi connectivity index (χ0n) is 10.8. The molecule has 1 aromatic rings. The molecule has 0 bridgehead atoms. The van der Waals surface area contributed by atoms with Crippen LogP contribution < -0.4 is 5.32 Å². The lowest BCUT2D eigenvalue weighted by Gasteiger charge is -2.20. The first kappa shape index (κ1) is 14.1. The van der Waals surface area contributed by atoms with Gasteiger partial charge in [-0.25, -0.2) is 9.97 Å². The maximum Gasteiger partial charge on any atom is 0.144 e. The molecule has 0 spiro atoms. The summed E-state index contributed by atoms with van der Waals surface area (Å²) in [5, 5.41) is 4.06. The first-order chi connectivity index (χ1) is 8.79. The number of rotatable bonds is 5. The minimum atomic E-state index is 0.814. The first-order valence-corrected chi connectivity index (χ1v) is 8.50. The van der Waals surface area contributed by atoms with Gasteiger partial charge in [0, 0.05) is 18.0 Å². The van der Waals surface area contributed by atoms with Crippen molar-refractivity contribution >= 4 is 33.5 Å². The maximum absolute atomic E-state index is 4.56. The predicted molar refractivity (Wildman–Crippen MR) is 82.1 cm³/mol. The minimum absolute atomic E-state index is 0.814. The van der Waals surface area contributed by atoms with Crippen molar-refractivity contribution in [1.29, 1.82) is 0 Å². The van der Waals surface area contributed by atoms with E-state index in [0.717, 1.165) is 33.7 Å². The molecule has 1 aliphatic rings. The second-order valence-electron chi connectivity index (χ2n) is 4.58. The Morgan fingerprint density at radius 1 is 1.39 bits per heavy atom. The van der Waals surface area contributed by atoms with Gasteiger partial charge in [-0.3, -0.25) is 0 Å². The van der Waals surface area contributed by atoms with Crippen molar-refractivity contribution in [3.05, 3.63) is 16.5 Å². The molecule has 18 heavy (non-hydrogen) atoms. The van der Waals surface area contributed by atoms with Crippen LogP contribution in [0, 0.1) is 0 Å². The van der Waals surface area contributed by atoms with E-state index in [9.17, 15) is 0 Å². The van der Waals surface area contributed by atoms with Gasteiger partial charge in [-0.1, -0.05) is 19.3 Å². The van der Waals surface area contributed by atoms with Crippen molar-refractivity contribution < 1.29 is 0 Å². The lowest BCUT2D eigenvalue weighted by molar-refractivity contribution is 0.516. The van der Waals surface area contributed by atoms with Crippen molar-refractivity contribution in [2.45, 2.75) is 50.0 Å². The third kappa shape index (κ3) is 4.12. The van der Waals surface area contributed by atoms with Gasteiger partial charge in [0.1, 0.15) is 11.6 Å². The van der Waals surface area contributed by atoms with Gasteiger partial charge in [-0.15, -0.1) is 0 Å². The van der Waals surface area contributed by atoms with Crippen LogP contribution in [0.15, 0.2) is 10.7 Å². The number of nitrogens with zero attached hydrogens (tertiary/aromatic N) is 2. The SMILES string of the molecule is CCNc1nc(CSC2CCCCC2)ncc1Br. The Bertz CT molecular complexity index is 380. The summed E-state index contributed by atoms with van der Waals surface area (Å²) in [5.41, 5.74) is 0. The molecule has 1 saturated carbocycles. The van der Waals surface area contributed by atoms with E-state index in [0.29, 0.717) is 0 Å². The van der Waals surface area contributed by atoms with Gasteiger partial charge in [0.2, 0.25) is 0 Å². The predicted octanol–water partition coefficient (Wildman–Crippen LogP) is 4.24. The van der Waals surface area contributed by atoms with E-state index in [-0.39, 0.29) is 0 Å². The smallest absolute Gasteiger partial charge is 0.144 e. The summed E-state index contributed by atoms with van der Waals surface area (Å²) in [6, 6.07) is 0. The molecular formula is C13H20BrN3S. The quantitative estimate of drug-likeness (QED) is 0.876. The average molecular weight is 330 g/mol. The van der Waals surface area contributed by atoms with Gasteiger partial charge in [0.15, 0.2) is 0 Å². The molecule has 1 aliphatic carbocycles. The highest BCUT2D eigenvalue weighted by Crippen LogP contribution is 2.30. The third-order valence-corrected chi connectivity index (χ3v) is 5.09. The molecular weight excluding hydrogens is 310 g/mol. The molecule has 3 nitrogen and oxygen atoms in total. The van der Waals surface area contributed by atoms with E-state index in [4.69, 9.17) is 0 Å². The highest BCUT2D eigenvalue weighted by atomic mass is 79.9. The largest absolute Gasteiger partial charge is 0.369 e. The standard InChI is InChI=1S/C13H20BrN3S/c1-2-15-13-11(14)8-16-12(17-13)9-18-10-6-4-3-5-7-10/h8,10H,2-7,9H2,1H3,(H,15,16,17). The zero-order chi connectivity index (χ0) is 12.8. The molecule has 5 heteroatoms. The summed E-state index contributed by atoms with van der Waals surface area (Å²) in [6.45, 7) is 2.95. The van der Waals surface area contributed by atoms with Gasteiger partial charge < -0.3 is 5.32 Å². The van der Waals surface area contributed by atoms with Crippen LogP contribution in [0.5, 0.6) is 0 Å². The number of anilines is 1. The normalized spacial score (nSPS) is 16.8. The molecule has 1 fully saturated rings. The number of hydrogen-bond donors (Lipinski definition) is 1. The Kier molecular flexibility index (Phi) is 5.76. The van der Waals surface area contributed by atoms with Gasteiger partial charge in [0.05, 0.1) is 10.2 Å². The number of hydrogen-bond acceptors (Lipinski definition) is 4. The van der Waals surface area contributed by atoms with Crippen LogP contribution in [0.2, 0.25) is 0 Å². The van der Waals surface area contributed by atoms with Gasteiger partial charge in [0.25, 0.3) is 0 Å². The van der Waals surface area contributed by atoms with Crippen LogP contribution in [0.1, 0.15) is 44.9 Å². The number of halogens is 1. The zero-order valence-corrected chi connectivity index (χ0v) is 13.2. The van der Waals surface area contributed by atoms with Crippen molar-refractivity contribution in [2.24, 2.45) is 0 Å². The Morgan fingerprint density at radius 3 is 2.89 bits per heavy atom. The third-order valence-electron chi connectivity index (χ3n) is 3.14. The summed E-state index contributed by atoms with van der Waals surface area (Å²) >= 11 is 5.48. The van der Waals surface area contributed by atoms with E-state index < -0.39 is 0 Å². The van der Waals surface area contributed by atoms with Crippen LogP contribution in [-0.4, -0.2) is 21.8 Å². The minimum Gasteiger partial charge on any atom is -0.369 e. The van der Waals surface area contributed by atoms with E-state index in [1.807, 2.05) is 18.0 Å². The van der Waals surface area contributed by atoms with Crippen molar-refractivity contribution in [3.63, 3.8) is 0 Å². The fraction of sp³-hybridized carbons (Fsp3) is 0.692. The highest BCUT2D eigenvalue weighted by Gasteiger charge is 2.14. The van der Waals surface area contributed by atoms with E-state index in [2.05, 4.69) is 38.1 Å². The lowest BCUT2D eigenvalue weighted by Crippen LogP contribution is -2.09. The van der Waals surface area contributed by atoms with Gasteiger partial charge in [-0.2, -0.15) is 11.8 Å². The first-order valence-electron chi connectivity index (χ1n) is 6.66. The van der Waals surface area contributed by atoms with Crippen molar-refractivity contribution in [1.82, 2.24) is 9.97 Å². The summed E-state index contributed by atoms with van der Waals surface area (Å²) in [5.74, 6) is 2.77. The molecule has 2 rings (SSSR count). The molecule has 100 valence electrons. The molecule has 0 unspecified atom stereocenters. The highest BCUT2D eigenvalue weighted by molar-refractivity contribution is 9.10. The lowest BCUT2D eigenvalue weighted by atomic mass is 10.0. The van der Waals surface area contributed by atoms with Gasteiger partial charge in [-0.05, 0) is 35.7 Å². The molecule has 0 atom stereocenters. The molecule has 0 radical (unpaired) electrons. The second kappa shape index (κ2) is 7.34.